The van der Waals surface area contributed by atoms with Crippen LogP contribution >= 0.6 is 11.6 Å². The van der Waals surface area contributed by atoms with Crippen molar-refractivity contribution in [1.82, 2.24) is 9.78 Å². The lowest BCUT2D eigenvalue weighted by Crippen LogP contribution is -2.40. The first-order chi connectivity index (χ1) is 17.3. The van der Waals surface area contributed by atoms with E-state index >= 15 is 0 Å². The molecule has 3 heterocycles. The van der Waals surface area contributed by atoms with E-state index in [1.54, 1.807) is 60.2 Å². The summed E-state index contributed by atoms with van der Waals surface area (Å²) in [4.78, 5) is 42.6. The zero-order valence-electron chi connectivity index (χ0n) is 20.1. The molecule has 1 aliphatic rings. The highest BCUT2D eigenvalue weighted by Gasteiger charge is 2.48. The van der Waals surface area contributed by atoms with Crippen molar-refractivity contribution in [2.75, 3.05) is 4.90 Å². The maximum atomic E-state index is 13.9. The summed E-state index contributed by atoms with van der Waals surface area (Å²) in [5.41, 5.74) is 3.23. The van der Waals surface area contributed by atoms with E-state index < -0.39 is 17.4 Å². The average molecular weight is 500 g/mol. The Morgan fingerprint density at radius 2 is 1.67 bits per heavy atom. The first kappa shape index (κ1) is 23.5. The Kier molecular flexibility index (Phi) is 5.94. The van der Waals surface area contributed by atoms with Crippen LogP contribution in [0.15, 0.2) is 77.9 Å². The van der Waals surface area contributed by atoms with E-state index in [2.05, 4.69) is 5.10 Å². The van der Waals surface area contributed by atoms with Crippen LogP contribution in [0.25, 0.3) is 17.0 Å². The van der Waals surface area contributed by atoms with Crippen LogP contribution in [0.4, 0.5) is 5.69 Å². The third-order valence-corrected chi connectivity index (χ3v) is 6.47. The van der Waals surface area contributed by atoms with Gasteiger partial charge in [0.1, 0.15) is 5.57 Å². The molecule has 0 fully saturated rings. The standard InChI is InChI=1S/C28H23ClN4O3/c1-4-19-9-7-13-31(16-19)25-24(26(34)32(28(25)36)21-11-5-8-17(2)14-21)23-18(3)30-33(27(23)35)22-12-6-10-20(29)15-22/h5-16H,4H2,1-3H3/p+1. The van der Waals surface area contributed by atoms with E-state index in [-0.39, 0.29) is 16.8 Å². The predicted molar refractivity (Wildman–Crippen MR) is 139 cm³/mol. The molecule has 180 valence electrons. The van der Waals surface area contributed by atoms with Crippen LogP contribution in [0.2, 0.25) is 5.02 Å². The number of nitrogens with one attached hydrogen (secondary N) is 1. The van der Waals surface area contributed by atoms with E-state index in [0.717, 1.165) is 22.4 Å². The average Bonchev–Trinajstić information content (AvgIpc) is 3.29. The van der Waals surface area contributed by atoms with Gasteiger partial charge in [-0.25, -0.2) is 9.58 Å². The molecule has 2 aromatic heterocycles. The Hall–Kier alpha value is -4.23. The fourth-order valence-electron chi connectivity index (χ4n) is 4.49. The number of pyridine rings is 1. The van der Waals surface area contributed by atoms with Crippen LogP contribution in [0.5, 0.6) is 0 Å². The van der Waals surface area contributed by atoms with Gasteiger partial charge in [-0.05, 0) is 62.2 Å². The molecule has 0 atom stereocenters. The summed E-state index contributed by atoms with van der Waals surface area (Å²) >= 11 is 6.15. The summed E-state index contributed by atoms with van der Waals surface area (Å²) in [5, 5.41) is 3.52. The number of aryl methyl sites for hydroxylation is 3. The van der Waals surface area contributed by atoms with Gasteiger partial charge in [0, 0.05) is 22.3 Å². The number of aromatic amines is 1. The maximum Gasteiger partial charge on any atom is 0.331 e. The van der Waals surface area contributed by atoms with Crippen LogP contribution in [0.1, 0.15) is 29.3 Å². The van der Waals surface area contributed by atoms with Crippen LogP contribution in [0, 0.1) is 13.8 Å². The number of nitrogens with zero attached hydrogens (tertiary/aromatic N) is 3. The quantitative estimate of drug-likeness (QED) is 0.330. The SMILES string of the molecule is CCc1ccc[n+](C2=C(c3c(C)[nH]n(-c4cccc(Cl)c4)c3=O)C(=O)N(c3cccc(C)c3)C2=O)c1. The summed E-state index contributed by atoms with van der Waals surface area (Å²) < 4.78 is 2.97. The molecule has 0 saturated carbocycles. The predicted octanol–water partition coefficient (Wildman–Crippen LogP) is 4.23. The first-order valence-corrected chi connectivity index (χ1v) is 12.0. The Morgan fingerprint density at radius 1 is 0.917 bits per heavy atom. The van der Waals surface area contributed by atoms with Crippen molar-refractivity contribution in [2.45, 2.75) is 27.2 Å². The van der Waals surface area contributed by atoms with Crippen molar-refractivity contribution < 1.29 is 14.2 Å². The zero-order valence-corrected chi connectivity index (χ0v) is 20.8. The number of imide groups is 1. The smallest absolute Gasteiger partial charge is 0.295 e. The molecule has 8 heteroatoms. The summed E-state index contributed by atoms with van der Waals surface area (Å²) in [6, 6.07) is 17.8. The number of hydrogen-bond donors (Lipinski definition) is 1. The van der Waals surface area contributed by atoms with Gasteiger partial charge in [0.05, 0.1) is 16.9 Å². The monoisotopic (exact) mass is 499 g/mol. The summed E-state index contributed by atoms with van der Waals surface area (Å²) in [5.74, 6) is -1.04. The van der Waals surface area contributed by atoms with Gasteiger partial charge in [-0.2, -0.15) is 4.57 Å². The molecule has 0 spiro atoms. The highest BCUT2D eigenvalue weighted by molar-refractivity contribution is 6.53. The molecule has 4 aromatic rings. The topological polar surface area (TPSA) is 79.1 Å². The molecule has 0 saturated heterocycles. The molecule has 36 heavy (non-hydrogen) atoms. The van der Waals surface area contributed by atoms with E-state index in [0.29, 0.717) is 22.1 Å². The second kappa shape index (κ2) is 9.09. The van der Waals surface area contributed by atoms with E-state index in [1.807, 2.05) is 38.2 Å². The van der Waals surface area contributed by atoms with Crippen LogP contribution in [-0.4, -0.2) is 21.6 Å². The molecule has 7 nitrogen and oxygen atoms in total. The summed E-state index contributed by atoms with van der Waals surface area (Å²) in [6.45, 7) is 5.61. The number of halogens is 1. The van der Waals surface area contributed by atoms with Gasteiger partial charge >= 0.3 is 5.91 Å². The van der Waals surface area contributed by atoms with Crippen molar-refractivity contribution >= 4 is 40.4 Å². The highest BCUT2D eigenvalue weighted by atomic mass is 35.5. The number of anilines is 1. The van der Waals surface area contributed by atoms with Crippen molar-refractivity contribution in [1.29, 1.82) is 0 Å². The number of H-pyrrole nitrogens is 1. The summed E-state index contributed by atoms with van der Waals surface area (Å²) in [6.07, 6.45) is 4.28. The largest absolute Gasteiger partial charge is 0.331 e. The van der Waals surface area contributed by atoms with Gasteiger partial charge in [0.2, 0.25) is 0 Å². The van der Waals surface area contributed by atoms with Gasteiger partial charge in [-0.3, -0.25) is 19.5 Å². The van der Waals surface area contributed by atoms with E-state index in [4.69, 9.17) is 11.6 Å². The van der Waals surface area contributed by atoms with Crippen LogP contribution < -0.4 is 15.0 Å². The fraction of sp³-hybridized carbons (Fsp3) is 0.143. The minimum absolute atomic E-state index is 0.0549. The lowest BCUT2D eigenvalue weighted by atomic mass is 10.1. The molecule has 2 amide bonds. The Balaban J connectivity index is 1.77. The Labute approximate surface area is 212 Å². The lowest BCUT2D eigenvalue weighted by molar-refractivity contribution is -0.577. The number of benzene rings is 2. The van der Waals surface area contributed by atoms with Crippen molar-refractivity contribution in [3.63, 3.8) is 0 Å². The minimum Gasteiger partial charge on any atom is -0.295 e. The number of carbonyl (C=O) groups is 2. The number of amides is 2. The minimum atomic E-state index is -0.549. The molecular weight excluding hydrogens is 476 g/mol. The molecule has 1 aliphatic heterocycles. The maximum absolute atomic E-state index is 13.9. The van der Waals surface area contributed by atoms with Crippen LogP contribution in [0.3, 0.4) is 0 Å². The van der Waals surface area contributed by atoms with Gasteiger partial charge in [-0.15, -0.1) is 0 Å². The molecule has 0 aliphatic carbocycles. The van der Waals surface area contributed by atoms with Crippen molar-refractivity contribution in [3.8, 4) is 5.69 Å². The Morgan fingerprint density at radius 3 is 2.39 bits per heavy atom. The summed E-state index contributed by atoms with van der Waals surface area (Å²) in [7, 11) is 0. The number of rotatable bonds is 5. The lowest BCUT2D eigenvalue weighted by Gasteiger charge is -2.14. The fourth-order valence-corrected chi connectivity index (χ4v) is 4.68. The highest BCUT2D eigenvalue weighted by Crippen LogP contribution is 2.33. The van der Waals surface area contributed by atoms with Crippen molar-refractivity contribution in [3.05, 3.63) is 111 Å². The third-order valence-electron chi connectivity index (χ3n) is 6.24. The molecule has 0 unspecified atom stereocenters. The van der Waals surface area contributed by atoms with Gasteiger partial charge in [-0.1, -0.05) is 36.7 Å². The third kappa shape index (κ3) is 3.87. The number of aromatic nitrogens is 3. The zero-order chi connectivity index (χ0) is 25.6. The van der Waals surface area contributed by atoms with Crippen LogP contribution in [-0.2, 0) is 16.0 Å². The van der Waals surface area contributed by atoms with Gasteiger partial charge in [0.15, 0.2) is 12.4 Å². The molecule has 2 aromatic carbocycles. The van der Waals surface area contributed by atoms with Crippen molar-refractivity contribution in [2.24, 2.45) is 0 Å². The number of hydrogen-bond acceptors (Lipinski definition) is 3. The molecule has 0 bridgehead atoms. The van der Waals surface area contributed by atoms with Gasteiger partial charge in [0.25, 0.3) is 17.2 Å². The molecular formula is C28H24ClN4O3+. The van der Waals surface area contributed by atoms with Gasteiger partial charge < -0.3 is 0 Å². The molecule has 5 rings (SSSR count). The normalized spacial score (nSPS) is 13.7. The Bertz CT molecular complexity index is 1630. The van der Waals surface area contributed by atoms with E-state index in [1.165, 1.54) is 4.68 Å². The van der Waals surface area contributed by atoms with E-state index in [9.17, 15) is 14.4 Å². The second-order valence-electron chi connectivity index (χ2n) is 8.71. The molecule has 0 radical (unpaired) electrons. The number of carbonyl (C=O) groups excluding carboxylic acids is 2. The molecule has 1 N–H and O–H groups in total. The first-order valence-electron chi connectivity index (χ1n) is 11.6. The second-order valence-corrected chi connectivity index (χ2v) is 9.15.